The minimum atomic E-state index is -0.578. The number of carbonyl (C=O) groups excluding carboxylic acids is 2. The first-order valence-electron chi connectivity index (χ1n) is 15.4. The van der Waals surface area contributed by atoms with E-state index in [0.29, 0.717) is 28.1 Å². The molecule has 230 valence electrons. The molecule has 1 saturated carbocycles. The van der Waals surface area contributed by atoms with Gasteiger partial charge in [0.2, 0.25) is 5.91 Å². The third-order valence-corrected chi connectivity index (χ3v) is 11.2. The lowest BCUT2D eigenvalue weighted by Crippen LogP contribution is -2.69. The molecule has 2 fully saturated rings. The number of nitrogens with zero attached hydrogens (tertiary/aromatic N) is 2. The highest BCUT2D eigenvalue weighted by Crippen LogP contribution is 2.64. The quantitative estimate of drug-likeness (QED) is 0.263. The fourth-order valence-electron chi connectivity index (χ4n) is 8.58. The smallest absolute Gasteiger partial charge is 0.308 e. The molecule has 1 saturated heterocycles. The zero-order valence-corrected chi connectivity index (χ0v) is 26.4. The summed E-state index contributed by atoms with van der Waals surface area (Å²) in [5.74, 6) is 0.973. The zero-order chi connectivity index (χ0) is 30.7. The van der Waals surface area contributed by atoms with Gasteiger partial charge in [0, 0.05) is 37.5 Å². The Morgan fingerprint density at radius 3 is 2.66 bits per heavy atom. The van der Waals surface area contributed by atoms with Gasteiger partial charge in [0.05, 0.1) is 28.6 Å². The van der Waals surface area contributed by atoms with Crippen LogP contribution in [0.25, 0.3) is 0 Å². The normalized spacial score (nSPS) is 27.2. The molecule has 4 aliphatic rings. The lowest BCUT2D eigenvalue weighted by molar-refractivity contribution is -0.140. The third-order valence-electron chi connectivity index (χ3n) is 10.5. The van der Waals surface area contributed by atoms with Gasteiger partial charge in [0.25, 0.3) is 0 Å². The molecule has 6 atom stereocenters. The van der Waals surface area contributed by atoms with Crippen LogP contribution in [-0.2, 0) is 27.8 Å². The van der Waals surface area contributed by atoms with E-state index < -0.39 is 12.1 Å². The van der Waals surface area contributed by atoms with Crippen LogP contribution < -0.4 is 9.47 Å². The number of ether oxygens (including phenoxy) is 2. The van der Waals surface area contributed by atoms with E-state index in [0.717, 1.165) is 48.9 Å². The highest BCUT2D eigenvalue weighted by Gasteiger charge is 2.66. The Morgan fingerprint density at radius 1 is 1.11 bits per heavy atom. The van der Waals surface area contributed by atoms with Crippen molar-refractivity contribution in [1.29, 1.82) is 0 Å². The molecule has 2 heterocycles. The average molecular weight is 636 g/mol. The Bertz CT molecular complexity index is 1620. The van der Waals surface area contributed by atoms with Crippen molar-refractivity contribution in [3.63, 3.8) is 0 Å². The van der Waals surface area contributed by atoms with Crippen LogP contribution in [0.15, 0.2) is 60.7 Å². The zero-order valence-electron chi connectivity index (χ0n) is 24.8. The maximum Gasteiger partial charge on any atom is 0.308 e. The molecule has 1 spiro atoms. The van der Waals surface area contributed by atoms with Gasteiger partial charge in [-0.15, -0.1) is 0 Å². The van der Waals surface area contributed by atoms with Crippen molar-refractivity contribution >= 4 is 35.1 Å². The van der Waals surface area contributed by atoms with Gasteiger partial charge in [-0.3, -0.25) is 14.5 Å². The van der Waals surface area contributed by atoms with Gasteiger partial charge < -0.3 is 19.5 Å². The summed E-state index contributed by atoms with van der Waals surface area (Å²) in [5.41, 5.74) is 3.76. The molecule has 7 nitrogen and oxygen atoms in total. The highest BCUT2D eigenvalue weighted by molar-refractivity contribution is 6.42. The van der Waals surface area contributed by atoms with Crippen molar-refractivity contribution < 1.29 is 24.2 Å². The Labute approximate surface area is 267 Å². The van der Waals surface area contributed by atoms with Crippen molar-refractivity contribution in [1.82, 2.24) is 9.80 Å². The van der Waals surface area contributed by atoms with E-state index in [1.165, 1.54) is 12.5 Å². The van der Waals surface area contributed by atoms with E-state index in [4.69, 9.17) is 32.7 Å². The number of amides is 1. The summed E-state index contributed by atoms with van der Waals surface area (Å²) in [6.45, 7) is 2.77. The summed E-state index contributed by atoms with van der Waals surface area (Å²) in [6.07, 6.45) is 2.73. The van der Waals surface area contributed by atoms with E-state index in [1.807, 2.05) is 54.4 Å². The molecule has 0 aromatic heterocycles. The van der Waals surface area contributed by atoms with Crippen LogP contribution >= 0.6 is 23.2 Å². The van der Waals surface area contributed by atoms with Gasteiger partial charge in [-0.05, 0) is 73.0 Å². The summed E-state index contributed by atoms with van der Waals surface area (Å²) in [4.78, 5) is 30.1. The predicted octanol–water partition coefficient (Wildman–Crippen LogP) is 5.76. The number of carbonyl (C=O) groups is 2. The lowest BCUT2D eigenvalue weighted by atomic mass is 9.51. The van der Waals surface area contributed by atoms with Crippen LogP contribution in [0.2, 0.25) is 10.0 Å². The van der Waals surface area contributed by atoms with Crippen LogP contribution in [0, 0.1) is 5.92 Å². The number of β-amino-alcohol motifs (C(OH)–C–C–N with tert-alkyl or cyclic N) is 1. The Hall–Kier alpha value is -3.10. The average Bonchev–Trinajstić information content (AvgIpc) is 3.36. The molecule has 3 aromatic carbocycles. The molecule has 3 aromatic rings. The number of aliphatic hydroxyl groups is 1. The predicted molar refractivity (Wildman–Crippen MR) is 168 cm³/mol. The summed E-state index contributed by atoms with van der Waals surface area (Å²) in [6, 6.07) is 19.1. The third kappa shape index (κ3) is 4.80. The monoisotopic (exact) mass is 634 g/mol. The second-order valence-corrected chi connectivity index (χ2v) is 13.5. The number of hydrogen-bond acceptors (Lipinski definition) is 6. The van der Waals surface area contributed by atoms with Crippen molar-refractivity contribution in [2.45, 2.75) is 68.7 Å². The molecule has 2 aliphatic carbocycles. The molecule has 44 heavy (non-hydrogen) atoms. The fraction of sp³-hybridized carbons (Fsp3) is 0.429. The largest absolute Gasteiger partial charge is 0.483 e. The first-order valence-corrected chi connectivity index (χ1v) is 16.1. The lowest BCUT2D eigenvalue weighted by Gasteiger charge is -2.60. The molecule has 1 amide bonds. The minimum absolute atomic E-state index is 0.0148. The van der Waals surface area contributed by atoms with Crippen LogP contribution in [0.5, 0.6) is 11.5 Å². The maximum absolute atomic E-state index is 13.7. The van der Waals surface area contributed by atoms with Gasteiger partial charge in [-0.1, -0.05) is 65.7 Å². The second-order valence-electron chi connectivity index (χ2n) is 12.7. The van der Waals surface area contributed by atoms with E-state index in [-0.39, 0.29) is 41.8 Å². The van der Waals surface area contributed by atoms with Crippen molar-refractivity contribution in [3.05, 3.63) is 93.0 Å². The summed E-state index contributed by atoms with van der Waals surface area (Å²) in [5, 5.41) is 12.1. The number of likely N-dealkylation sites (N-methyl/N-ethyl adjacent to an activating group) is 1. The molecule has 2 aliphatic heterocycles. The topological polar surface area (TPSA) is 79.3 Å². The first kappa shape index (κ1) is 29.6. The number of halogens is 2. The van der Waals surface area contributed by atoms with E-state index in [1.54, 1.807) is 12.1 Å². The van der Waals surface area contributed by atoms with E-state index in [9.17, 15) is 14.7 Å². The SMILES string of the molecule is CC(=O)Oc1ccc2c3c1O[C@H]1[C@@H](N(C)C(=O)Cc4ccc(Cl)c(Cl)c4)CC[C@H]4[C@@H](C2)N(CC(O)c2ccccc2)CC[C@@]341. The molecule has 9 heteroatoms. The molecule has 1 unspecified atom stereocenters. The number of likely N-dealkylation sites (tertiary alicyclic amines) is 1. The first-order chi connectivity index (χ1) is 21.2. The number of piperidine rings is 1. The molecule has 7 rings (SSSR count). The molecule has 1 N–H and O–H groups in total. The highest BCUT2D eigenvalue weighted by atomic mass is 35.5. The minimum Gasteiger partial charge on any atom is -0.483 e. The van der Waals surface area contributed by atoms with E-state index in [2.05, 4.69) is 11.0 Å². The van der Waals surface area contributed by atoms with Gasteiger partial charge >= 0.3 is 5.97 Å². The van der Waals surface area contributed by atoms with Gasteiger partial charge in [0.15, 0.2) is 11.5 Å². The number of aliphatic hydroxyl groups excluding tert-OH is 1. The standard InChI is InChI=1S/C35H36Cl2N2O5/c1-20(40)43-30-13-9-23-18-28-24-10-12-27(38(2)31(42)17-21-8-11-25(36)26(37)16-21)34-35(24,32(23)33(30)44-34)14-15-39(28)19-29(41)22-6-4-3-5-7-22/h3-9,11,13,16,24,27-29,34,41H,10,12,14-15,17-19H2,1-2H3/t24-,27-,28+,29?,34-,35-/m0/s1. The van der Waals surface area contributed by atoms with Crippen LogP contribution in [0.1, 0.15) is 54.5 Å². The molecular weight excluding hydrogens is 599 g/mol. The molecular formula is C35H36Cl2N2O5. The van der Waals surface area contributed by atoms with Crippen molar-refractivity contribution in [2.75, 3.05) is 20.1 Å². The van der Waals surface area contributed by atoms with E-state index >= 15 is 0 Å². The van der Waals surface area contributed by atoms with Gasteiger partial charge in [0.1, 0.15) is 6.10 Å². The summed E-state index contributed by atoms with van der Waals surface area (Å²) < 4.78 is 12.6. The van der Waals surface area contributed by atoms with Crippen LogP contribution in [-0.4, -0.2) is 65.1 Å². The Kier molecular flexibility index (Phi) is 7.64. The molecule has 0 radical (unpaired) electrons. The van der Waals surface area contributed by atoms with Gasteiger partial charge in [-0.25, -0.2) is 0 Å². The van der Waals surface area contributed by atoms with Crippen LogP contribution in [0.3, 0.4) is 0 Å². The number of esters is 1. The number of rotatable bonds is 7. The van der Waals surface area contributed by atoms with Crippen molar-refractivity contribution in [2.24, 2.45) is 5.92 Å². The number of hydrogen-bond donors (Lipinski definition) is 1. The summed E-state index contributed by atoms with van der Waals surface area (Å²) >= 11 is 12.3. The van der Waals surface area contributed by atoms with Gasteiger partial charge in [-0.2, -0.15) is 0 Å². The van der Waals surface area contributed by atoms with Crippen molar-refractivity contribution in [3.8, 4) is 11.5 Å². The Morgan fingerprint density at radius 2 is 1.91 bits per heavy atom. The fourth-order valence-corrected chi connectivity index (χ4v) is 8.90. The maximum atomic E-state index is 13.7. The second kappa shape index (κ2) is 11.4. The molecule has 2 bridgehead atoms. The summed E-state index contributed by atoms with van der Waals surface area (Å²) in [7, 11) is 1.87. The van der Waals surface area contributed by atoms with Crippen LogP contribution in [0.4, 0.5) is 0 Å². The Balaban J connectivity index is 1.22. The number of benzene rings is 3.